The van der Waals surface area contributed by atoms with Gasteiger partial charge in [0, 0.05) is 58.4 Å². The van der Waals surface area contributed by atoms with Crippen LogP contribution in [0.4, 0.5) is 17.6 Å². The minimum Gasteiger partial charge on any atom is -0.395 e. The maximum Gasteiger partial charge on any atom is 0.226 e. The number of piperazine rings is 1. The summed E-state index contributed by atoms with van der Waals surface area (Å²) in [6, 6.07) is 11.2. The molecule has 8 nitrogen and oxygen atoms in total. The van der Waals surface area contributed by atoms with Gasteiger partial charge in [0.25, 0.3) is 0 Å². The van der Waals surface area contributed by atoms with Crippen molar-refractivity contribution in [2.24, 2.45) is 5.92 Å². The molecule has 0 bridgehead atoms. The summed E-state index contributed by atoms with van der Waals surface area (Å²) in [7, 11) is 0. The number of aliphatic hydroxyl groups is 1. The van der Waals surface area contributed by atoms with Gasteiger partial charge in [0.2, 0.25) is 5.95 Å². The van der Waals surface area contributed by atoms with Crippen LogP contribution in [0.3, 0.4) is 0 Å². The van der Waals surface area contributed by atoms with Crippen LogP contribution in [0.2, 0.25) is 0 Å². The number of benzene rings is 1. The summed E-state index contributed by atoms with van der Waals surface area (Å²) in [4.78, 5) is 16.8. The van der Waals surface area contributed by atoms with E-state index in [0.29, 0.717) is 12.5 Å². The van der Waals surface area contributed by atoms with Crippen molar-refractivity contribution in [3.63, 3.8) is 0 Å². The molecule has 41 heavy (non-hydrogen) atoms. The number of β-amino-alcohol motifs (C(OH)–C–C–N with tert-alkyl or cyclic N) is 1. The van der Waals surface area contributed by atoms with Crippen molar-refractivity contribution >= 4 is 17.6 Å². The number of nitrogens with zero attached hydrogens (tertiary/aromatic N) is 5. The molecule has 1 aromatic heterocycles. The average Bonchev–Trinajstić information content (AvgIpc) is 3.03. The molecule has 1 saturated carbocycles. The number of aromatic nitrogens is 2. The molecule has 8 heteroatoms. The Labute approximate surface area is 247 Å². The normalized spacial score (nSPS) is 19.0. The van der Waals surface area contributed by atoms with Crippen molar-refractivity contribution in [1.82, 2.24) is 14.9 Å². The maximum atomic E-state index is 9.29. The Morgan fingerprint density at radius 3 is 2.15 bits per heavy atom. The minimum absolute atomic E-state index is 0.212. The van der Waals surface area contributed by atoms with Gasteiger partial charge in [0.05, 0.1) is 19.8 Å². The summed E-state index contributed by atoms with van der Waals surface area (Å²) in [6.07, 6.45) is 15.5. The first-order valence-electron chi connectivity index (χ1n) is 16.4. The second-order valence-corrected chi connectivity index (χ2v) is 12.2. The molecular weight excluding hydrogens is 512 g/mol. The topological polar surface area (TPSA) is 77.0 Å². The number of ether oxygens (including phenoxy) is 1. The van der Waals surface area contributed by atoms with Gasteiger partial charge in [-0.05, 0) is 29.9 Å². The van der Waals surface area contributed by atoms with Gasteiger partial charge in [-0.15, -0.1) is 0 Å². The van der Waals surface area contributed by atoms with Gasteiger partial charge >= 0.3 is 0 Å². The van der Waals surface area contributed by atoms with Crippen LogP contribution in [-0.4, -0.2) is 85.6 Å². The second-order valence-electron chi connectivity index (χ2n) is 12.2. The number of anilines is 3. The van der Waals surface area contributed by atoms with Crippen molar-refractivity contribution < 1.29 is 9.84 Å². The molecule has 0 atom stereocenters. The predicted molar refractivity (Wildman–Crippen MR) is 168 cm³/mol. The highest BCUT2D eigenvalue weighted by Gasteiger charge is 2.21. The largest absolute Gasteiger partial charge is 0.395 e. The number of hydrogen-bond acceptors (Lipinski definition) is 8. The van der Waals surface area contributed by atoms with E-state index in [1.807, 2.05) is 0 Å². The highest BCUT2D eigenvalue weighted by molar-refractivity contribution is 5.55. The Kier molecular flexibility index (Phi) is 11.9. The van der Waals surface area contributed by atoms with Gasteiger partial charge in [0.1, 0.15) is 11.6 Å². The number of rotatable bonds is 14. The summed E-state index contributed by atoms with van der Waals surface area (Å²) >= 11 is 0. The third-order valence-corrected chi connectivity index (χ3v) is 9.17. The molecule has 2 aromatic rings. The van der Waals surface area contributed by atoms with Crippen molar-refractivity contribution in [1.29, 1.82) is 0 Å². The molecule has 2 N–H and O–H groups in total. The second kappa shape index (κ2) is 16.3. The van der Waals surface area contributed by atoms with Gasteiger partial charge in [0.15, 0.2) is 0 Å². The molecule has 1 aromatic carbocycles. The molecule has 5 rings (SSSR count). The van der Waals surface area contributed by atoms with E-state index in [9.17, 15) is 5.11 Å². The van der Waals surface area contributed by atoms with Crippen molar-refractivity contribution in [3.05, 3.63) is 41.5 Å². The first-order chi connectivity index (χ1) is 20.3. The van der Waals surface area contributed by atoms with Crippen molar-refractivity contribution in [3.8, 4) is 0 Å². The Bertz CT molecular complexity index is 1010. The maximum absolute atomic E-state index is 9.29. The summed E-state index contributed by atoms with van der Waals surface area (Å²) in [5.41, 5.74) is 2.69. The average molecular weight is 565 g/mol. The highest BCUT2D eigenvalue weighted by Crippen LogP contribution is 2.28. The zero-order valence-corrected chi connectivity index (χ0v) is 25.1. The van der Waals surface area contributed by atoms with Crippen molar-refractivity contribution in [2.75, 3.05) is 80.8 Å². The standard InChI is InChI=1S/C33H52N6O2/c40-23-20-37-16-18-38(19-17-37)31-26-32(39-21-24-41-25-22-39)36-33(35-31)34-27-30-14-12-29(13-15-30)11-5-2-1-4-8-28-9-6-3-7-10-28/h12-15,26,28,40H,1-11,16-25,27H2,(H,34,35,36). The Balaban J connectivity index is 1.10. The lowest BCUT2D eigenvalue weighted by Gasteiger charge is -2.36. The number of nitrogens with one attached hydrogen (secondary N) is 1. The van der Waals surface area contributed by atoms with E-state index in [1.165, 1.54) is 81.8 Å². The summed E-state index contributed by atoms with van der Waals surface area (Å²) in [6.45, 7) is 8.50. The van der Waals surface area contributed by atoms with Gasteiger partial charge < -0.3 is 25.0 Å². The molecule has 3 heterocycles. The molecule has 0 unspecified atom stereocenters. The summed E-state index contributed by atoms with van der Waals surface area (Å²) < 4.78 is 5.58. The molecular formula is C33H52N6O2. The third kappa shape index (κ3) is 9.55. The molecule has 2 saturated heterocycles. The molecule has 226 valence electrons. The molecule has 3 fully saturated rings. The van der Waals surface area contributed by atoms with E-state index in [-0.39, 0.29) is 6.61 Å². The van der Waals surface area contributed by atoms with Crippen LogP contribution in [-0.2, 0) is 17.7 Å². The van der Waals surface area contributed by atoms with Crippen LogP contribution in [0, 0.1) is 5.92 Å². The third-order valence-electron chi connectivity index (χ3n) is 9.17. The Morgan fingerprint density at radius 1 is 0.780 bits per heavy atom. The van der Waals surface area contributed by atoms with Crippen LogP contribution in [0.5, 0.6) is 0 Å². The fourth-order valence-corrected chi connectivity index (χ4v) is 6.56. The van der Waals surface area contributed by atoms with E-state index in [4.69, 9.17) is 14.7 Å². The lowest BCUT2D eigenvalue weighted by molar-refractivity contribution is 0.122. The number of unbranched alkanes of at least 4 members (excludes halogenated alkanes) is 3. The van der Waals surface area contributed by atoms with Crippen molar-refractivity contribution in [2.45, 2.75) is 77.2 Å². The number of hydrogen-bond donors (Lipinski definition) is 2. The Hall–Kier alpha value is -2.42. The van der Waals surface area contributed by atoms with Crippen LogP contribution >= 0.6 is 0 Å². The van der Waals surface area contributed by atoms with Crippen LogP contribution < -0.4 is 15.1 Å². The van der Waals surface area contributed by atoms with E-state index in [0.717, 1.165) is 76.6 Å². The minimum atomic E-state index is 0.212. The highest BCUT2D eigenvalue weighted by atomic mass is 16.5. The lowest BCUT2D eigenvalue weighted by Crippen LogP contribution is -2.47. The zero-order valence-electron chi connectivity index (χ0n) is 25.1. The van der Waals surface area contributed by atoms with Gasteiger partial charge in [-0.2, -0.15) is 9.97 Å². The fraction of sp³-hybridized carbons (Fsp3) is 0.697. The molecule has 0 amide bonds. The Morgan fingerprint density at radius 2 is 1.44 bits per heavy atom. The van der Waals surface area contributed by atoms with Gasteiger partial charge in [-0.25, -0.2) is 0 Å². The van der Waals surface area contributed by atoms with Crippen LogP contribution in [0.1, 0.15) is 75.3 Å². The van der Waals surface area contributed by atoms with Gasteiger partial charge in [-0.3, -0.25) is 4.90 Å². The number of aryl methyl sites for hydroxylation is 1. The number of aliphatic hydroxyl groups excluding tert-OH is 1. The quantitative estimate of drug-likeness (QED) is 0.307. The molecule has 1 aliphatic carbocycles. The van der Waals surface area contributed by atoms with E-state index in [1.54, 1.807) is 0 Å². The fourth-order valence-electron chi connectivity index (χ4n) is 6.56. The summed E-state index contributed by atoms with van der Waals surface area (Å²) in [5, 5.41) is 12.8. The predicted octanol–water partition coefficient (Wildman–Crippen LogP) is 5.11. The zero-order chi connectivity index (χ0) is 28.1. The van der Waals surface area contributed by atoms with Crippen LogP contribution in [0.25, 0.3) is 0 Å². The van der Waals surface area contributed by atoms with Crippen LogP contribution in [0.15, 0.2) is 30.3 Å². The first-order valence-corrected chi connectivity index (χ1v) is 16.4. The van der Waals surface area contributed by atoms with E-state index >= 15 is 0 Å². The molecule has 2 aliphatic heterocycles. The summed E-state index contributed by atoms with van der Waals surface area (Å²) in [5.74, 6) is 3.64. The smallest absolute Gasteiger partial charge is 0.226 e. The molecule has 0 spiro atoms. The first kappa shape index (κ1) is 30.1. The van der Waals surface area contributed by atoms with Gasteiger partial charge in [-0.1, -0.05) is 82.1 Å². The number of morpholine rings is 1. The monoisotopic (exact) mass is 564 g/mol. The SMILES string of the molecule is OCCN1CCN(c2cc(N3CCOCC3)nc(NCc3ccc(CCCCCCC4CCCCC4)cc3)n2)CC1. The lowest BCUT2D eigenvalue weighted by atomic mass is 9.85. The molecule has 0 radical (unpaired) electrons. The van der Waals surface area contributed by atoms with E-state index < -0.39 is 0 Å². The molecule has 3 aliphatic rings. The van der Waals surface area contributed by atoms with E-state index in [2.05, 4.69) is 50.3 Å².